The third-order valence-electron chi connectivity index (χ3n) is 2.32. The van der Waals surface area contributed by atoms with Gasteiger partial charge in [0.25, 0.3) is 0 Å². The van der Waals surface area contributed by atoms with Gasteiger partial charge in [-0.15, -0.1) is 0 Å². The first-order valence-corrected chi connectivity index (χ1v) is 4.78. The molecule has 0 saturated heterocycles. The summed E-state index contributed by atoms with van der Waals surface area (Å²) in [6.07, 6.45) is -4.58. The zero-order valence-corrected chi connectivity index (χ0v) is 8.79. The molecule has 1 atom stereocenters. The molecule has 16 heavy (non-hydrogen) atoms. The number of halogens is 3. The average molecular weight is 234 g/mol. The summed E-state index contributed by atoms with van der Waals surface area (Å²) in [5.74, 6) is -1.11. The van der Waals surface area contributed by atoms with Crippen LogP contribution in [0.25, 0.3) is 0 Å². The van der Waals surface area contributed by atoms with Crippen molar-refractivity contribution in [2.45, 2.75) is 12.6 Å². The number of ether oxygens (including phenoxy) is 1. The lowest BCUT2D eigenvalue weighted by molar-refractivity contribution is -0.183. The van der Waals surface area contributed by atoms with E-state index in [2.05, 4.69) is 0 Å². The minimum atomic E-state index is -4.37. The maximum absolute atomic E-state index is 12.4. The fourth-order valence-electron chi connectivity index (χ4n) is 1.33. The maximum Gasteiger partial charge on any atom is 0.394 e. The standard InChI is InChI=1S/C11H13F3O2/c1-16-10-4-2-8(3-5-10)6-9(7-15)11(12,13)14/h2-5,9,15H,6-7H2,1H3/t9-/m0/s1. The van der Waals surface area contributed by atoms with Crippen LogP contribution in [0.5, 0.6) is 5.75 Å². The second kappa shape index (κ2) is 5.21. The van der Waals surface area contributed by atoms with Gasteiger partial charge in [-0.25, -0.2) is 0 Å². The van der Waals surface area contributed by atoms with Gasteiger partial charge in [0.1, 0.15) is 5.75 Å². The number of rotatable bonds is 4. The molecule has 1 N–H and O–H groups in total. The van der Waals surface area contributed by atoms with Crippen molar-refractivity contribution >= 4 is 0 Å². The fourth-order valence-corrected chi connectivity index (χ4v) is 1.33. The summed E-state index contributed by atoms with van der Waals surface area (Å²) in [7, 11) is 1.49. The summed E-state index contributed by atoms with van der Waals surface area (Å²) >= 11 is 0. The Labute approximate surface area is 91.7 Å². The fraction of sp³-hybridized carbons (Fsp3) is 0.455. The molecule has 0 unspecified atom stereocenters. The first kappa shape index (κ1) is 12.8. The molecule has 1 rings (SSSR count). The van der Waals surface area contributed by atoms with E-state index in [1.807, 2.05) is 0 Å². The van der Waals surface area contributed by atoms with Crippen molar-refractivity contribution in [2.75, 3.05) is 13.7 Å². The van der Waals surface area contributed by atoms with Crippen molar-refractivity contribution in [3.63, 3.8) is 0 Å². The smallest absolute Gasteiger partial charge is 0.394 e. The van der Waals surface area contributed by atoms with Crippen molar-refractivity contribution in [3.05, 3.63) is 29.8 Å². The van der Waals surface area contributed by atoms with Gasteiger partial charge in [-0.05, 0) is 24.1 Å². The summed E-state index contributed by atoms with van der Waals surface area (Å²) in [5.41, 5.74) is 0.525. The Bertz CT molecular complexity index is 319. The first-order chi connectivity index (χ1) is 7.47. The molecule has 1 aromatic carbocycles. The number of alkyl halides is 3. The van der Waals surface area contributed by atoms with Crippen molar-refractivity contribution in [2.24, 2.45) is 5.92 Å². The number of benzene rings is 1. The summed E-state index contributed by atoms with van der Waals surface area (Å²) < 4.78 is 42.0. The van der Waals surface area contributed by atoms with Crippen LogP contribution in [0, 0.1) is 5.92 Å². The molecule has 0 aromatic heterocycles. The molecular formula is C11H13F3O2. The van der Waals surface area contributed by atoms with Crippen LogP contribution in [0.1, 0.15) is 5.56 Å². The zero-order chi connectivity index (χ0) is 12.2. The summed E-state index contributed by atoms with van der Waals surface area (Å²) in [5, 5.41) is 8.68. The minimum absolute atomic E-state index is 0.218. The number of aliphatic hydroxyl groups is 1. The summed E-state index contributed by atoms with van der Waals surface area (Å²) in [6.45, 7) is -0.893. The van der Waals surface area contributed by atoms with Crippen LogP contribution in [-0.4, -0.2) is 25.0 Å². The minimum Gasteiger partial charge on any atom is -0.497 e. The van der Waals surface area contributed by atoms with E-state index in [1.165, 1.54) is 7.11 Å². The largest absolute Gasteiger partial charge is 0.497 e. The van der Waals surface area contributed by atoms with E-state index >= 15 is 0 Å². The van der Waals surface area contributed by atoms with Gasteiger partial charge in [0.15, 0.2) is 0 Å². The lowest BCUT2D eigenvalue weighted by Crippen LogP contribution is -2.28. The number of methoxy groups -OCH3 is 1. The molecule has 90 valence electrons. The third kappa shape index (κ3) is 3.41. The van der Waals surface area contributed by atoms with Crippen LogP contribution in [0.4, 0.5) is 13.2 Å². The number of hydrogen-bond acceptors (Lipinski definition) is 2. The van der Waals surface area contributed by atoms with E-state index < -0.39 is 18.7 Å². The number of aliphatic hydroxyl groups excluding tert-OH is 1. The molecule has 0 saturated carbocycles. The van der Waals surface area contributed by atoms with Gasteiger partial charge >= 0.3 is 6.18 Å². The predicted octanol–water partition coefficient (Wildman–Crippen LogP) is 2.41. The molecule has 0 bridgehead atoms. The topological polar surface area (TPSA) is 29.5 Å². The van der Waals surface area contributed by atoms with E-state index in [0.717, 1.165) is 0 Å². The molecule has 0 fully saturated rings. The molecule has 2 nitrogen and oxygen atoms in total. The molecule has 0 aliphatic rings. The predicted molar refractivity (Wildman–Crippen MR) is 53.3 cm³/mol. The Hall–Kier alpha value is -1.23. The highest BCUT2D eigenvalue weighted by Crippen LogP contribution is 2.29. The van der Waals surface area contributed by atoms with Crippen LogP contribution in [0.15, 0.2) is 24.3 Å². The van der Waals surface area contributed by atoms with E-state index in [0.29, 0.717) is 11.3 Å². The van der Waals surface area contributed by atoms with Crippen LogP contribution in [-0.2, 0) is 6.42 Å². The first-order valence-electron chi connectivity index (χ1n) is 4.78. The van der Waals surface area contributed by atoms with Gasteiger partial charge in [0.2, 0.25) is 0 Å². The highest BCUT2D eigenvalue weighted by molar-refractivity contribution is 5.27. The summed E-state index contributed by atoms with van der Waals surface area (Å²) in [6, 6.07) is 6.32. The third-order valence-corrected chi connectivity index (χ3v) is 2.32. The molecule has 0 aliphatic carbocycles. The van der Waals surface area contributed by atoms with Crippen molar-refractivity contribution in [1.29, 1.82) is 0 Å². The van der Waals surface area contributed by atoms with Crippen LogP contribution in [0.3, 0.4) is 0 Å². The van der Waals surface area contributed by atoms with Gasteiger partial charge in [-0.1, -0.05) is 12.1 Å². The highest BCUT2D eigenvalue weighted by atomic mass is 19.4. The molecule has 0 amide bonds. The monoisotopic (exact) mass is 234 g/mol. The van der Waals surface area contributed by atoms with E-state index in [-0.39, 0.29) is 6.42 Å². The van der Waals surface area contributed by atoms with Gasteiger partial charge in [-0.2, -0.15) is 13.2 Å². The van der Waals surface area contributed by atoms with Gasteiger partial charge in [0, 0.05) is 0 Å². The van der Waals surface area contributed by atoms with Crippen LogP contribution >= 0.6 is 0 Å². The highest BCUT2D eigenvalue weighted by Gasteiger charge is 2.38. The Kier molecular flexibility index (Phi) is 4.18. The Morgan fingerprint density at radius 1 is 1.25 bits per heavy atom. The Morgan fingerprint density at radius 3 is 2.19 bits per heavy atom. The Morgan fingerprint density at radius 2 is 1.81 bits per heavy atom. The Balaban J connectivity index is 2.71. The van der Waals surface area contributed by atoms with Crippen molar-refractivity contribution in [1.82, 2.24) is 0 Å². The van der Waals surface area contributed by atoms with E-state index in [4.69, 9.17) is 9.84 Å². The molecule has 0 aliphatic heterocycles. The lowest BCUT2D eigenvalue weighted by Gasteiger charge is -2.17. The van der Waals surface area contributed by atoms with Crippen molar-refractivity contribution in [3.8, 4) is 5.75 Å². The van der Waals surface area contributed by atoms with E-state index in [1.54, 1.807) is 24.3 Å². The SMILES string of the molecule is COc1ccc(C[C@@H](CO)C(F)(F)F)cc1. The van der Waals surface area contributed by atoms with Gasteiger partial charge < -0.3 is 9.84 Å². The van der Waals surface area contributed by atoms with Crippen LogP contribution < -0.4 is 4.74 Å². The molecule has 5 heteroatoms. The van der Waals surface area contributed by atoms with Crippen LogP contribution in [0.2, 0.25) is 0 Å². The summed E-state index contributed by atoms with van der Waals surface area (Å²) in [4.78, 5) is 0. The lowest BCUT2D eigenvalue weighted by atomic mass is 9.99. The number of hydrogen-bond donors (Lipinski definition) is 1. The molecule has 0 spiro atoms. The average Bonchev–Trinajstić information content (AvgIpc) is 2.25. The molecule has 1 aromatic rings. The molecule has 0 radical (unpaired) electrons. The second-order valence-electron chi connectivity index (χ2n) is 3.47. The van der Waals surface area contributed by atoms with Gasteiger partial charge in [-0.3, -0.25) is 0 Å². The van der Waals surface area contributed by atoms with E-state index in [9.17, 15) is 13.2 Å². The second-order valence-corrected chi connectivity index (χ2v) is 3.47. The molecular weight excluding hydrogens is 221 g/mol. The molecule has 0 heterocycles. The van der Waals surface area contributed by atoms with Gasteiger partial charge in [0.05, 0.1) is 19.6 Å². The normalized spacial score (nSPS) is 13.6. The maximum atomic E-state index is 12.4. The quantitative estimate of drug-likeness (QED) is 0.866. The zero-order valence-electron chi connectivity index (χ0n) is 8.79. The van der Waals surface area contributed by atoms with Crippen molar-refractivity contribution < 1.29 is 23.0 Å².